The van der Waals surface area contributed by atoms with E-state index in [4.69, 9.17) is 9.72 Å². The van der Waals surface area contributed by atoms with Crippen molar-refractivity contribution in [2.24, 2.45) is 0 Å². The van der Waals surface area contributed by atoms with Gasteiger partial charge in [-0.25, -0.2) is 4.98 Å². The van der Waals surface area contributed by atoms with Crippen molar-refractivity contribution in [1.82, 2.24) is 23.8 Å². The molecule has 0 aliphatic rings. The van der Waals surface area contributed by atoms with Crippen LogP contribution >= 0.6 is 0 Å². The number of hydrogen-bond donors (Lipinski definition) is 0. The normalized spacial score (nSPS) is 11.6. The fraction of sp³-hybridized carbons (Fsp3) is 0. The number of benzene rings is 5. The average Bonchev–Trinajstić information content (AvgIpc) is 3.84. The first-order valence-corrected chi connectivity index (χ1v) is 15.4. The number of hydrogen-bond acceptors (Lipinski definition) is 4. The van der Waals surface area contributed by atoms with E-state index in [9.17, 15) is 0 Å². The molecule has 0 radical (unpaired) electrons. The van der Waals surface area contributed by atoms with Crippen molar-refractivity contribution in [3.8, 4) is 33.8 Å². The van der Waals surface area contributed by atoms with Gasteiger partial charge in [0.2, 0.25) is 0 Å². The summed E-state index contributed by atoms with van der Waals surface area (Å²) in [5.74, 6) is 1.17. The number of ether oxygens (including phenoxy) is 1. The quantitative estimate of drug-likeness (QED) is 0.132. The van der Waals surface area contributed by atoms with Crippen LogP contribution in [0.4, 0.5) is 0 Å². The molecule has 228 valence electrons. The Hall–Kier alpha value is -5.84. The standard InChI is InChI=1S/C41H23N5O.Pt/c1-3-8-26(9-4-1)28-22-34(27-10-5-2-6-11-27)38-35(23-28)32-16-14-30(25-37(32)40-43-18-20-45(38)40)47-29-13-15-31-33-12-7-17-42-39(33)46-21-19-44-41(46)36(31)24-29;/h1-23H;/q-2;+2. The number of imidazole rings is 2. The van der Waals surface area contributed by atoms with Crippen LogP contribution in [0.3, 0.4) is 0 Å². The van der Waals surface area contributed by atoms with Gasteiger partial charge in [-0.1, -0.05) is 119 Å². The summed E-state index contributed by atoms with van der Waals surface area (Å²) in [6, 6.07) is 44.8. The maximum atomic E-state index is 6.45. The van der Waals surface area contributed by atoms with Crippen LogP contribution in [-0.4, -0.2) is 23.8 Å². The first-order valence-electron chi connectivity index (χ1n) is 15.4. The van der Waals surface area contributed by atoms with E-state index < -0.39 is 0 Å². The Morgan fingerprint density at radius 1 is 0.479 bits per heavy atom. The van der Waals surface area contributed by atoms with E-state index in [1.54, 1.807) is 12.4 Å². The molecule has 0 saturated heterocycles. The molecule has 5 aromatic heterocycles. The predicted octanol–water partition coefficient (Wildman–Crippen LogP) is 9.71. The second-order valence-electron chi connectivity index (χ2n) is 11.6. The molecule has 0 spiro atoms. The van der Waals surface area contributed by atoms with Gasteiger partial charge in [0.05, 0.1) is 11.3 Å². The van der Waals surface area contributed by atoms with Crippen LogP contribution in [-0.2, 0) is 21.1 Å². The third-order valence-electron chi connectivity index (χ3n) is 8.92. The topological polar surface area (TPSA) is 56.7 Å². The smallest absolute Gasteiger partial charge is 0.497 e. The minimum atomic E-state index is 0. The van der Waals surface area contributed by atoms with Crippen LogP contribution in [0.2, 0.25) is 0 Å². The second-order valence-corrected chi connectivity index (χ2v) is 11.6. The molecule has 7 heteroatoms. The van der Waals surface area contributed by atoms with Gasteiger partial charge in [-0.2, -0.15) is 0 Å². The molecule has 0 N–H and O–H groups in total. The zero-order chi connectivity index (χ0) is 30.9. The van der Waals surface area contributed by atoms with E-state index >= 15 is 0 Å². The molecule has 0 amide bonds. The molecule has 0 fully saturated rings. The van der Waals surface area contributed by atoms with Crippen molar-refractivity contribution in [3.63, 3.8) is 0 Å². The van der Waals surface area contributed by atoms with Crippen molar-refractivity contribution >= 4 is 54.8 Å². The predicted molar refractivity (Wildman–Crippen MR) is 187 cm³/mol. The number of aromatic nitrogens is 5. The van der Waals surface area contributed by atoms with Gasteiger partial charge < -0.3 is 13.5 Å². The molecule has 5 aromatic carbocycles. The largest absolute Gasteiger partial charge is 2.00 e. The Morgan fingerprint density at radius 2 is 1.08 bits per heavy atom. The van der Waals surface area contributed by atoms with Crippen molar-refractivity contribution in [2.75, 3.05) is 0 Å². The first-order chi connectivity index (χ1) is 23.3. The van der Waals surface area contributed by atoms with E-state index in [-0.39, 0.29) is 21.1 Å². The molecule has 0 saturated carbocycles. The second kappa shape index (κ2) is 11.1. The summed E-state index contributed by atoms with van der Waals surface area (Å²) in [5.41, 5.74) is 8.18. The maximum Gasteiger partial charge on any atom is 2.00 e. The summed E-state index contributed by atoms with van der Waals surface area (Å²) < 4.78 is 10.6. The van der Waals surface area contributed by atoms with Crippen LogP contribution in [0.25, 0.3) is 77.0 Å². The van der Waals surface area contributed by atoms with Crippen molar-refractivity contribution < 1.29 is 25.8 Å². The number of pyridine rings is 3. The molecule has 48 heavy (non-hydrogen) atoms. The minimum absolute atomic E-state index is 0. The number of nitrogens with zero attached hydrogens (tertiary/aromatic N) is 5. The van der Waals surface area contributed by atoms with Gasteiger partial charge in [0.25, 0.3) is 0 Å². The van der Waals surface area contributed by atoms with E-state index in [0.717, 1.165) is 77.0 Å². The van der Waals surface area contributed by atoms with Gasteiger partial charge in [-0.3, -0.25) is 9.97 Å². The van der Waals surface area contributed by atoms with E-state index in [0.29, 0.717) is 11.5 Å². The molecule has 0 bridgehead atoms. The van der Waals surface area contributed by atoms with Gasteiger partial charge in [0, 0.05) is 53.6 Å². The molecule has 0 aliphatic heterocycles. The fourth-order valence-corrected chi connectivity index (χ4v) is 6.85. The van der Waals surface area contributed by atoms with Gasteiger partial charge in [-0.05, 0) is 39.6 Å². The Balaban J connectivity index is 0.00000314. The summed E-state index contributed by atoms with van der Waals surface area (Å²) in [4.78, 5) is 14.0. The zero-order valence-electron chi connectivity index (χ0n) is 25.2. The number of fused-ring (bicyclic) bond motifs is 12. The molecule has 0 unspecified atom stereocenters. The van der Waals surface area contributed by atoms with Crippen LogP contribution in [0, 0.1) is 12.1 Å². The van der Waals surface area contributed by atoms with E-state index in [1.807, 2.05) is 47.3 Å². The average molecular weight is 797 g/mol. The Kier molecular flexibility index (Phi) is 6.59. The molecule has 10 aromatic rings. The molecule has 0 atom stereocenters. The zero-order valence-corrected chi connectivity index (χ0v) is 27.5. The van der Waals surface area contributed by atoms with Crippen molar-refractivity contribution in [3.05, 3.63) is 152 Å². The Labute approximate surface area is 289 Å². The van der Waals surface area contributed by atoms with Gasteiger partial charge >= 0.3 is 21.1 Å². The summed E-state index contributed by atoms with van der Waals surface area (Å²) in [6.45, 7) is 0. The van der Waals surface area contributed by atoms with Crippen LogP contribution in [0.15, 0.2) is 140 Å². The monoisotopic (exact) mass is 796 g/mol. The molecule has 6 nitrogen and oxygen atoms in total. The van der Waals surface area contributed by atoms with Crippen LogP contribution in [0.5, 0.6) is 11.5 Å². The summed E-state index contributed by atoms with van der Waals surface area (Å²) in [6.07, 6.45) is 9.39. The van der Waals surface area contributed by atoms with Gasteiger partial charge in [0.1, 0.15) is 5.65 Å². The molecule has 10 rings (SSSR count). The third-order valence-corrected chi connectivity index (χ3v) is 8.92. The number of rotatable bonds is 4. The van der Waals surface area contributed by atoms with Gasteiger partial charge in [0.15, 0.2) is 0 Å². The molecule has 5 heterocycles. The van der Waals surface area contributed by atoms with Crippen LogP contribution < -0.4 is 4.74 Å². The fourth-order valence-electron chi connectivity index (χ4n) is 6.85. The Morgan fingerprint density at radius 3 is 1.79 bits per heavy atom. The maximum absolute atomic E-state index is 6.45. The summed E-state index contributed by atoms with van der Waals surface area (Å²) in [5, 5.41) is 5.99. The van der Waals surface area contributed by atoms with Crippen molar-refractivity contribution in [2.45, 2.75) is 0 Å². The Bertz CT molecular complexity index is 2830. The molecule has 0 aliphatic carbocycles. The van der Waals surface area contributed by atoms with Crippen LogP contribution in [0.1, 0.15) is 0 Å². The van der Waals surface area contributed by atoms with E-state index in [1.165, 1.54) is 0 Å². The summed E-state index contributed by atoms with van der Waals surface area (Å²) >= 11 is 0. The minimum Gasteiger partial charge on any atom is -0.497 e. The first kappa shape index (κ1) is 28.4. The third kappa shape index (κ3) is 4.34. The van der Waals surface area contributed by atoms with Crippen molar-refractivity contribution in [1.29, 1.82) is 0 Å². The van der Waals surface area contributed by atoms with Gasteiger partial charge in [-0.15, -0.1) is 12.1 Å². The molecular formula is C41H23N5OPt. The summed E-state index contributed by atoms with van der Waals surface area (Å²) in [7, 11) is 0. The van der Waals surface area contributed by atoms with E-state index in [2.05, 4.69) is 111 Å². The molecular weight excluding hydrogens is 774 g/mol. The SMILES string of the molecule is [Pt+2].[c-]1c(Oc2[c-]c3c(cc2)c2cc(-c4ccccc4)cc(-c4ccccc4)c2n2ccnc32)ccc2c1c1nccn1c1ncccc21.